The standard InChI is InChI=1S/C14H26O/c1-3-5-6-7-8-9-10-11-12-14-13(4-2)15-14/h4,13-14H,2-3,5-12H2,1H3. The molecule has 1 aliphatic heterocycles. The maximum absolute atomic E-state index is 5.41. The summed E-state index contributed by atoms with van der Waals surface area (Å²) < 4.78 is 5.41. The Balaban J connectivity index is 1.72. The second-order valence-electron chi connectivity index (χ2n) is 4.64. The molecule has 0 saturated carbocycles. The Morgan fingerprint density at radius 1 is 1.00 bits per heavy atom. The summed E-state index contributed by atoms with van der Waals surface area (Å²) >= 11 is 0. The molecular formula is C14H26O. The first-order chi connectivity index (χ1) is 7.38. The molecule has 1 rings (SSSR count). The average molecular weight is 210 g/mol. The molecule has 0 radical (unpaired) electrons. The van der Waals surface area contributed by atoms with Gasteiger partial charge >= 0.3 is 0 Å². The number of epoxide rings is 1. The minimum atomic E-state index is 0.384. The molecule has 1 saturated heterocycles. The van der Waals surface area contributed by atoms with Crippen LogP contribution in [0, 0.1) is 0 Å². The fourth-order valence-electron chi connectivity index (χ4n) is 2.08. The van der Waals surface area contributed by atoms with Crippen molar-refractivity contribution in [2.45, 2.75) is 76.9 Å². The predicted molar refractivity (Wildman–Crippen MR) is 66.1 cm³/mol. The van der Waals surface area contributed by atoms with E-state index in [2.05, 4.69) is 13.5 Å². The number of hydrogen-bond acceptors (Lipinski definition) is 1. The highest BCUT2D eigenvalue weighted by Crippen LogP contribution is 2.28. The lowest BCUT2D eigenvalue weighted by molar-refractivity contribution is 0.372. The van der Waals surface area contributed by atoms with Crippen molar-refractivity contribution >= 4 is 0 Å². The fraction of sp³-hybridized carbons (Fsp3) is 0.857. The molecule has 2 unspecified atom stereocenters. The van der Waals surface area contributed by atoms with E-state index in [4.69, 9.17) is 4.74 Å². The van der Waals surface area contributed by atoms with Gasteiger partial charge in [0, 0.05) is 0 Å². The van der Waals surface area contributed by atoms with Crippen LogP contribution in [0.2, 0.25) is 0 Å². The van der Waals surface area contributed by atoms with E-state index in [1.165, 1.54) is 57.8 Å². The molecule has 0 aromatic heterocycles. The molecule has 0 aliphatic carbocycles. The van der Waals surface area contributed by atoms with E-state index < -0.39 is 0 Å². The first-order valence-corrected chi connectivity index (χ1v) is 6.66. The smallest absolute Gasteiger partial charge is 0.102 e. The highest BCUT2D eigenvalue weighted by molar-refractivity contribution is 4.97. The van der Waals surface area contributed by atoms with Crippen LogP contribution < -0.4 is 0 Å². The third-order valence-corrected chi connectivity index (χ3v) is 3.20. The highest BCUT2D eigenvalue weighted by atomic mass is 16.6. The maximum atomic E-state index is 5.41. The molecule has 0 aromatic rings. The molecule has 1 heteroatoms. The summed E-state index contributed by atoms with van der Waals surface area (Å²) in [5.74, 6) is 0. The van der Waals surface area contributed by atoms with Gasteiger partial charge in [-0.2, -0.15) is 0 Å². The Morgan fingerprint density at radius 3 is 2.13 bits per heavy atom. The number of ether oxygens (including phenoxy) is 1. The zero-order valence-corrected chi connectivity index (χ0v) is 10.2. The number of unbranched alkanes of at least 4 members (excludes halogenated alkanes) is 7. The van der Waals surface area contributed by atoms with Crippen LogP contribution in [0.1, 0.15) is 64.7 Å². The van der Waals surface area contributed by atoms with Gasteiger partial charge in [-0.05, 0) is 6.42 Å². The maximum Gasteiger partial charge on any atom is 0.102 e. The average Bonchev–Trinajstić information content (AvgIpc) is 3.01. The van der Waals surface area contributed by atoms with Crippen LogP contribution in [0.3, 0.4) is 0 Å². The summed E-state index contributed by atoms with van der Waals surface area (Å²) in [6.45, 7) is 6.00. The van der Waals surface area contributed by atoms with Crippen LogP contribution in [0.15, 0.2) is 12.7 Å². The lowest BCUT2D eigenvalue weighted by atomic mass is 10.1. The van der Waals surface area contributed by atoms with Crippen molar-refractivity contribution in [1.29, 1.82) is 0 Å². The van der Waals surface area contributed by atoms with Crippen molar-refractivity contribution in [2.75, 3.05) is 0 Å². The summed E-state index contributed by atoms with van der Waals surface area (Å²) in [6.07, 6.45) is 15.3. The van der Waals surface area contributed by atoms with Gasteiger partial charge in [0.05, 0.1) is 6.10 Å². The third kappa shape index (κ3) is 5.99. The number of rotatable bonds is 10. The van der Waals surface area contributed by atoms with Crippen molar-refractivity contribution in [2.24, 2.45) is 0 Å². The van der Waals surface area contributed by atoms with E-state index in [0.29, 0.717) is 12.2 Å². The van der Waals surface area contributed by atoms with Gasteiger partial charge in [0.15, 0.2) is 0 Å². The summed E-state index contributed by atoms with van der Waals surface area (Å²) in [5, 5.41) is 0. The topological polar surface area (TPSA) is 12.5 Å². The molecule has 0 bridgehead atoms. The molecule has 0 amide bonds. The molecular weight excluding hydrogens is 184 g/mol. The Morgan fingerprint density at radius 2 is 1.60 bits per heavy atom. The van der Waals surface area contributed by atoms with Crippen LogP contribution in [0.5, 0.6) is 0 Å². The minimum Gasteiger partial charge on any atom is -0.365 e. The van der Waals surface area contributed by atoms with E-state index in [1.807, 2.05) is 6.08 Å². The monoisotopic (exact) mass is 210 g/mol. The van der Waals surface area contributed by atoms with E-state index >= 15 is 0 Å². The van der Waals surface area contributed by atoms with Gasteiger partial charge in [0.25, 0.3) is 0 Å². The Kier molecular flexibility index (Phi) is 6.74. The quantitative estimate of drug-likeness (QED) is 0.294. The first kappa shape index (κ1) is 12.8. The molecule has 0 spiro atoms. The van der Waals surface area contributed by atoms with Crippen LogP contribution >= 0.6 is 0 Å². The van der Waals surface area contributed by atoms with Crippen molar-refractivity contribution in [3.8, 4) is 0 Å². The van der Waals surface area contributed by atoms with E-state index in [0.717, 1.165) is 0 Å². The largest absolute Gasteiger partial charge is 0.365 e. The lowest BCUT2D eigenvalue weighted by Gasteiger charge is -2.00. The molecule has 1 heterocycles. The third-order valence-electron chi connectivity index (χ3n) is 3.20. The molecule has 1 nitrogen and oxygen atoms in total. The lowest BCUT2D eigenvalue weighted by Crippen LogP contribution is -1.90. The van der Waals surface area contributed by atoms with E-state index in [1.54, 1.807) is 0 Å². The Hall–Kier alpha value is -0.300. The molecule has 15 heavy (non-hydrogen) atoms. The van der Waals surface area contributed by atoms with Crippen molar-refractivity contribution in [3.63, 3.8) is 0 Å². The summed E-state index contributed by atoms with van der Waals surface area (Å²) in [6, 6.07) is 0. The van der Waals surface area contributed by atoms with E-state index in [9.17, 15) is 0 Å². The Bertz CT molecular complexity index is 165. The predicted octanol–water partition coefficient (Wildman–Crippen LogP) is 4.47. The van der Waals surface area contributed by atoms with Gasteiger partial charge in [-0.1, -0.05) is 64.4 Å². The van der Waals surface area contributed by atoms with Gasteiger partial charge in [-0.25, -0.2) is 0 Å². The zero-order chi connectivity index (χ0) is 10.9. The molecule has 0 aromatic carbocycles. The van der Waals surface area contributed by atoms with Crippen LogP contribution in [-0.4, -0.2) is 12.2 Å². The molecule has 2 atom stereocenters. The minimum absolute atomic E-state index is 0.384. The van der Waals surface area contributed by atoms with Crippen molar-refractivity contribution in [3.05, 3.63) is 12.7 Å². The Labute approximate surface area is 94.9 Å². The van der Waals surface area contributed by atoms with Gasteiger partial charge in [-0.15, -0.1) is 6.58 Å². The van der Waals surface area contributed by atoms with Crippen LogP contribution in [0.4, 0.5) is 0 Å². The van der Waals surface area contributed by atoms with Crippen molar-refractivity contribution in [1.82, 2.24) is 0 Å². The van der Waals surface area contributed by atoms with Gasteiger partial charge in [0.1, 0.15) is 6.10 Å². The van der Waals surface area contributed by atoms with Gasteiger partial charge in [0.2, 0.25) is 0 Å². The fourth-order valence-corrected chi connectivity index (χ4v) is 2.08. The second-order valence-corrected chi connectivity index (χ2v) is 4.64. The van der Waals surface area contributed by atoms with E-state index in [-0.39, 0.29) is 0 Å². The normalized spacial score (nSPS) is 24.1. The van der Waals surface area contributed by atoms with Gasteiger partial charge < -0.3 is 4.74 Å². The number of hydrogen-bond donors (Lipinski definition) is 0. The molecule has 0 N–H and O–H groups in total. The summed E-state index contributed by atoms with van der Waals surface area (Å²) in [7, 11) is 0. The molecule has 88 valence electrons. The summed E-state index contributed by atoms with van der Waals surface area (Å²) in [5.41, 5.74) is 0. The zero-order valence-electron chi connectivity index (χ0n) is 10.2. The SMILES string of the molecule is C=CC1OC1CCCCCCCCCC. The first-order valence-electron chi connectivity index (χ1n) is 6.66. The summed E-state index contributed by atoms with van der Waals surface area (Å²) in [4.78, 5) is 0. The van der Waals surface area contributed by atoms with Crippen LogP contribution in [0.25, 0.3) is 0 Å². The molecule has 1 aliphatic rings. The van der Waals surface area contributed by atoms with Crippen molar-refractivity contribution < 1.29 is 4.74 Å². The second kappa shape index (κ2) is 7.92. The van der Waals surface area contributed by atoms with Crippen LogP contribution in [-0.2, 0) is 4.74 Å². The molecule has 1 fully saturated rings. The highest BCUT2D eigenvalue weighted by Gasteiger charge is 2.34. The van der Waals surface area contributed by atoms with Gasteiger partial charge in [-0.3, -0.25) is 0 Å².